The van der Waals surface area contributed by atoms with E-state index in [1.54, 1.807) is 0 Å². The molecule has 1 aliphatic carbocycles. The number of nitrogens with one attached hydrogen (secondary N) is 1. The summed E-state index contributed by atoms with van der Waals surface area (Å²) in [6.45, 7) is 6.84. The lowest BCUT2D eigenvalue weighted by Crippen LogP contribution is -2.66. The summed E-state index contributed by atoms with van der Waals surface area (Å²) < 4.78 is 7.54. The summed E-state index contributed by atoms with van der Waals surface area (Å²) in [5.74, 6) is -0.0942. The monoisotopic (exact) mass is 478 g/mol. The van der Waals surface area contributed by atoms with Gasteiger partial charge < -0.3 is 19.5 Å². The van der Waals surface area contributed by atoms with Gasteiger partial charge in [0, 0.05) is 37.9 Å². The first-order chi connectivity index (χ1) is 17.1. The van der Waals surface area contributed by atoms with Crippen molar-refractivity contribution in [2.45, 2.75) is 63.6 Å². The number of nitrogens with zero attached hydrogens (tertiary/aromatic N) is 3. The molecule has 188 valence electrons. The molecule has 1 aromatic carbocycles. The third-order valence-electron chi connectivity index (χ3n) is 8.00. The Kier molecular flexibility index (Phi) is 7.25. The van der Waals surface area contributed by atoms with Crippen LogP contribution in [0.5, 0.6) is 0 Å². The first kappa shape index (κ1) is 24.1. The van der Waals surface area contributed by atoms with Gasteiger partial charge in [0.05, 0.1) is 19.8 Å². The van der Waals surface area contributed by atoms with Gasteiger partial charge in [0.1, 0.15) is 11.2 Å². The summed E-state index contributed by atoms with van der Waals surface area (Å²) in [6, 6.07) is 14.2. The molecule has 7 nitrogen and oxygen atoms in total. The third-order valence-corrected chi connectivity index (χ3v) is 8.00. The summed E-state index contributed by atoms with van der Waals surface area (Å²) in [7, 11) is 0. The van der Waals surface area contributed by atoms with Crippen LogP contribution >= 0.6 is 0 Å². The molecule has 35 heavy (non-hydrogen) atoms. The average Bonchev–Trinajstić information content (AvgIpc) is 3.13. The molecule has 1 saturated carbocycles. The molecule has 2 aromatic rings. The molecule has 3 aliphatic rings. The third kappa shape index (κ3) is 5.02. The fourth-order valence-electron chi connectivity index (χ4n) is 5.81. The number of fused-ring (bicyclic) bond motifs is 1. The zero-order valence-electron chi connectivity index (χ0n) is 20.9. The van der Waals surface area contributed by atoms with E-state index in [2.05, 4.69) is 26.9 Å². The van der Waals surface area contributed by atoms with Crippen molar-refractivity contribution in [2.24, 2.45) is 0 Å². The predicted molar refractivity (Wildman–Crippen MR) is 136 cm³/mol. The SMILES string of the molecule is C[C@]1(C(=O)NC2CCCCCC2)Cn2c(ccc2-c2ccccc2)C(=O)N1CCN1CCOCC1. The molecule has 0 spiro atoms. The number of ether oxygens (including phenoxy) is 1. The van der Waals surface area contributed by atoms with E-state index in [1.165, 1.54) is 12.8 Å². The molecule has 7 heteroatoms. The minimum atomic E-state index is -0.953. The smallest absolute Gasteiger partial charge is 0.271 e. The Morgan fingerprint density at radius 1 is 0.971 bits per heavy atom. The Morgan fingerprint density at radius 2 is 1.66 bits per heavy atom. The van der Waals surface area contributed by atoms with Gasteiger partial charge in [-0.3, -0.25) is 14.5 Å². The summed E-state index contributed by atoms with van der Waals surface area (Å²) in [5.41, 5.74) is 1.74. The molecule has 2 fully saturated rings. The van der Waals surface area contributed by atoms with Crippen molar-refractivity contribution in [3.8, 4) is 11.3 Å². The number of amides is 2. The Labute approximate surface area is 208 Å². The van der Waals surface area contributed by atoms with Crippen LogP contribution in [0.25, 0.3) is 11.3 Å². The Balaban J connectivity index is 1.44. The molecule has 2 amide bonds. The average molecular weight is 479 g/mol. The van der Waals surface area contributed by atoms with Gasteiger partial charge in [-0.2, -0.15) is 0 Å². The number of benzene rings is 1. The lowest BCUT2D eigenvalue weighted by Gasteiger charge is -2.45. The molecule has 0 bridgehead atoms. The first-order valence-electron chi connectivity index (χ1n) is 13.2. The van der Waals surface area contributed by atoms with Crippen LogP contribution in [0.15, 0.2) is 42.5 Å². The molecule has 1 N–H and O–H groups in total. The van der Waals surface area contributed by atoms with Crippen LogP contribution in [-0.4, -0.2) is 77.2 Å². The number of rotatable bonds is 6. The summed E-state index contributed by atoms with van der Waals surface area (Å²) >= 11 is 0. The van der Waals surface area contributed by atoms with E-state index in [1.807, 2.05) is 42.2 Å². The van der Waals surface area contributed by atoms with E-state index in [4.69, 9.17) is 4.74 Å². The van der Waals surface area contributed by atoms with Gasteiger partial charge >= 0.3 is 0 Å². The molecule has 1 aromatic heterocycles. The van der Waals surface area contributed by atoms with Crippen LogP contribution in [0.4, 0.5) is 0 Å². The minimum Gasteiger partial charge on any atom is -0.379 e. The molecular weight excluding hydrogens is 440 g/mol. The van der Waals surface area contributed by atoms with Gasteiger partial charge in [-0.15, -0.1) is 0 Å². The molecular formula is C28H38N4O3. The number of carbonyl (C=O) groups excluding carboxylic acids is 2. The van der Waals surface area contributed by atoms with Gasteiger partial charge in [0.15, 0.2) is 0 Å². The maximum absolute atomic E-state index is 13.9. The fourth-order valence-corrected chi connectivity index (χ4v) is 5.81. The molecule has 0 radical (unpaired) electrons. The van der Waals surface area contributed by atoms with E-state index in [0.29, 0.717) is 18.8 Å². The molecule has 1 atom stereocenters. The Morgan fingerprint density at radius 3 is 2.37 bits per heavy atom. The molecule has 1 saturated heterocycles. The first-order valence-corrected chi connectivity index (χ1v) is 13.2. The highest BCUT2D eigenvalue weighted by atomic mass is 16.5. The molecule has 2 aliphatic heterocycles. The fraction of sp³-hybridized carbons (Fsp3) is 0.571. The van der Waals surface area contributed by atoms with Gasteiger partial charge in [-0.1, -0.05) is 56.0 Å². The molecule has 3 heterocycles. The van der Waals surface area contributed by atoms with E-state index in [0.717, 1.165) is 69.8 Å². The highest BCUT2D eigenvalue weighted by molar-refractivity contribution is 6.00. The van der Waals surface area contributed by atoms with Crippen molar-refractivity contribution in [2.75, 3.05) is 39.4 Å². The highest BCUT2D eigenvalue weighted by Crippen LogP contribution is 2.33. The number of hydrogen-bond acceptors (Lipinski definition) is 4. The molecule has 5 rings (SSSR count). The number of aromatic nitrogens is 1. The van der Waals surface area contributed by atoms with Gasteiger partial charge in [0.25, 0.3) is 5.91 Å². The standard InChI is InChI=1S/C28H38N4O3/c1-28(27(34)29-23-11-7-2-3-8-12-23)21-31-24(22-9-5-4-6-10-22)13-14-25(31)26(33)32(28)16-15-30-17-19-35-20-18-30/h4-6,9-10,13-14,23H,2-3,7-8,11-12,15-21H2,1H3,(H,29,34)/t28-/m1/s1. The van der Waals surface area contributed by atoms with Gasteiger partial charge in [0.2, 0.25) is 5.91 Å². The second-order valence-electron chi connectivity index (χ2n) is 10.4. The van der Waals surface area contributed by atoms with Crippen LogP contribution in [0, 0.1) is 0 Å². The highest BCUT2D eigenvalue weighted by Gasteiger charge is 2.48. The van der Waals surface area contributed by atoms with Crippen LogP contribution in [0.2, 0.25) is 0 Å². The van der Waals surface area contributed by atoms with Crippen LogP contribution in [0.1, 0.15) is 55.9 Å². The van der Waals surface area contributed by atoms with Crippen molar-refractivity contribution in [1.29, 1.82) is 0 Å². The maximum Gasteiger partial charge on any atom is 0.271 e. The number of hydrogen-bond donors (Lipinski definition) is 1. The quantitative estimate of drug-likeness (QED) is 0.645. The van der Waals surface area contributed by atoms with E-state index in [9.17, 15) is 9.59 Å². The van der Waals surface area contributed by atoms with Crippen molar-refractivity contribution < 1.29 is 14.3 Å². The lowest BCUT2D eigenvalue weighted by atomic mass is 9.93. The summed E-state index contributed by atoms with van der Waals surface area (Å²) in [4.78, 5) is 32.0. The predicted octanol–water partition coefficient (Wildman–Crippen LogP) is 3.54. The van der Waals surface area contributed by atoms with Crippen molar-refractivity contribution in [1.82, 2.24) is 19.7 Å². The van der Waals surface area contributed by atoms with Crippen LogP contribution in [0.3, 0.4) is 0 Å². The van der Waals surface area contributed by atoms with Crippen molar-refractivity contribution in [3.63, 3.8) is 0 Å². The summed E-state index contributed by atoms with van der Waals surface area (Å²) in [5, 5.41) is 3.36. The lowest BCUT2D eigenvalue weighted by molar-refractivity contribution is -0.133. The zero-order chi connectivity index (χ0) is 24.3. The second kappa shape index (κ2) is 10.5. The second-order valence-corrected chi connectivity index (χ2v) is 10.4. The zero-order valence-corrected chi connectivity index (χ0v) is 20.9. The van der Waals surface area contributed by atoms with Gasteiger partial charge in [-0.05, 0) is 37.5 Å². The van der Waals surface area contributed by atoms with E-state index < -0.39 is 5.54 Å². The maximum atomic E-state index is 13.9. The van der Waals surface area contributed by atoms with Crippen LogP contribution < -0.4 is 5.32 Å². The summed E-state index contributed by atoms with van der Waals surface area (Å²) in [6.07, 6.45) is 6.82. The molecule has 0 unspecified atom stereocenters. The van der Waals surface area contributed by atoms with Crippen molar-refractivity contribution >= 4 is 11.8 Å². The van der Waals surface area contributed by atoms with E-state index >= 15 is 0 Å². The van der Waals surface area contributed by atoms with E-state index in [-0.39, 0.29) is 17.9 Å². The number of morpholine rings is 1. The Bertz CT molecular complexity index is 1020. The Hall–Kier alpha value is -2.64. The van der Waals surface area contributed by atoms with Gasteiger partial charge in [-0.25, -0.2) is 0 Å². The minimum absolute atomic E-state index is 0.0295. The normalized spacial score (nSPS) is 24.1. The van der Waals surface area contributed by atoms with Crippen molar-refractivity contribution in [3.05, 3.63) is 48.2 Å². The van der Waals surface area contributed by atoms with Crippen LogP contribution in [-0.2, 0) is 16.1 Å². The largest absolute Gasteiger partial charge is 0.379 e. The topological polar surface area (TPSA) is 66.8 Å². The number of carbonyl (C=O) groups is 2.